The van der Waals surface area contributed by atoms with Crippen LogP contribution in [-0.2, 0) is 11.3 Å². The van der Waals surface area contributed by atoms with Gasteiger partial charge in [0.25, 0.3) is 0 Å². The van der Waals surface area contributed by atoms with Crippen LogP contribution in [0, 0.1) is 0 Å². The molecule has 0 unspecified atom stereocenters. The van der Waals surface area contributed by atoms with E-state index in [1.165, 1.54) is 6.21 Å². The molecule has 0 radical (unpaired) electrons. The molecule has 23 heavy (non-hydrogen) atoms. The summed E-state index contributed by atoms with van der Waals surface area (Å²) in [6.07, 6.45) is 1.63. The van der Waals surface area contributed by atoms with Crippen molar-refractivity contribution in [2.75, 3.05) is 0 Å². The van der Waals surface area contributed by atoms with E-state index in [-0.39, 0.29) is 18.1 Å². The molecular weight excluding hydrogens is 294 g/mol. The van der Waals surface area contributed by atoms with E-state index in [1.54, 1.807) is 28.9 Å². The van der Waals surface area contributed by atoms with Gasteiger partial charge in [0.05, 0.1) is 18.3 Å². The molecule has 2 aromatic carbocycles. The Labute approximate surface area is 132 Å². The zero-order valence-corrected chi connectivity index (χ0v) is 12.3. The lowest BCUT2D eigenvalue weighted by Crippen LogP contribution is -2.19. The normalized spacial score (nSPS) is 11.1. The maximum atomic E-state index is 11.8. The summed E-state index contributed by atoms with van der Waals surface area (Å²) in [4.78, 5) is 11.8. The average molecular weight is 309 g/mol. The fraction of sp³-hybridized carbons (Fsp3) is 0.125. The lowest BCUT2D eigenvalue weighted by molar-refractivity contribution is -0.121. The van der Waals surface area contributed by atoms with Crippen LogP contribution in [0.2, 0.25) is 0 Å². The van der Waals surface area contributed by atoms with Crippen molar-refractivity contribution in [2.45, 2.75) is 13.0 Å². The van der Waals surface area contributed by atoms with Crippen molar-refractivity contribution in [1.82, 2.24) is 20.4 Å². The highest BCUT2D eigenvalue weighted by Crippen LogP contribution is 2.12. The van der Waals surface area contributed by atoms with Crippen molar-refractivity contribution >= 4 is 23.2 Å². The minimum absolute atomic E-state index is 0.111. The third-order valence-corrected chi connectivity index (χ3v) is 3.30. The summed E-state index contributed by atoms with van der Waals surface area (Å²) in [5.41, 5.74) is 4.65. The maximum Gasteiger partial charge on any atom is 0.241 e. The number of hydrogen-bond donors (Lipinski definition) is 2. The Bertz CT molecular complexity index is 856. The van der Waals surface area contributed by atoms with Gasteiger partial charge in [-0.2, -0.15) is 5.10 Å². The molecule has 0 aliphatic heterocycles. The minimum Gasteiger partial charge on any atom is -0.507 e. The summed E-state index contributed by atoms with van der Waals surface area (Å²) in [6.45, 7) is 0.415. The number of fused-ring (bicyclic) bond motifs is 1. The topological polar surface area (TPSA) is 92.4 Å². The first-order valence-corrected chi connectivity index (χ1v) is 7.12. The first kappa shape index (κ1) is 14.7. The predicted octanol–water partition coefficient (Wildman–Crippen LogP) is 1.68. The zero-order valence-electron chi connectivity index (χ0n) is 12.3. The predicted molar refractivity (Wildman–Crippen MR) is 86.0 cm³/mol. The van der Waals surface area contributed by atoms with Gasteiger partial charge in [-0.25, -0.2) is 10.1 Å². The van der Waals surface area contributed by atoms with E-state index >= 15 is 0 Å². The van der Waals surface area contributed by atoms with Crippen molar-refractivity contribution in [3.63, 3.8) is 0 Å². The van der Waals surface area contributed by atoms with E-state index < -0.39 is 0 Å². The summed E-state index contributed by atoms with van der Waals surface area (Å²) in [6, 6.07) is 14.3. The lowest BCUT2D eigenvalue weighted by atomic mass is 10.2. The van der Waals surface area contributed by atoms with Gasteiger partial charge < -0.3 is 5.11 Å². The summed E-state index contributed by atoms with van der Waals surface area (Å²) in [7, 11) is 0. The number of aromatic hydroxyl groups is 1. The van der Waals surface area contributed by atoms with Gasteiger partial charge in [0.2, 0.25) is 5.91 Å². The molecule has 3 rings (SSSR count). The Balaban J connectivity index is 1.55. The highest BCUT2D eigenvalue weighted by atomic mass is 16.3. The third kappa shape index (κ3) is 3.52. The van der Waals surface area contributed by atoms with Gasteiger partial charge >= 0.3 is 0 Å². The number of hydrogen-bond acceptors (Lipinski definition) is 5. The number of aryl methyl sites for hydroxylation is 1. The largest absolute Gasteiger partial charge is 0.507 e. The first-order valence-electron chi connectivity index (χ1n) is 7.12. The standard InChI is InChI=1S/C16H15N5O2/c22-15-8-4-1-5-12(15)11-17-19-16(23)9-10-21-14-7-3-2-6-13(14)18-20-21/h1-8,11,22H,9-10H2,(H,19,23)/b17-11+. The van der Waals surface area contributed by atoms with Crippen LogP contribution in [0.5, 0.6) is 5.75 Å². The van der Waals surface area contributed by atoms with Gasteiger partial charge in [0.15, 0.2) is 0 Å². The first-order chi connectivity index (χ1) is 11.2. The van der Waals surface area contributed by atoms with Crippen LogP contribution < -0.4 is 5.43 Å². The number of phenolic OH excluding ortho intramolecular Hbond substituents is 1. The van der Waals surface area contributed by atoms with Gasteiger partial charge in [-0.3, -0.25) is 4.79 Å². The number of amides is 1. The number of nitrogens with zero attached hydrogens (tertiary/aromatic N) is 4. The van der Waals surface area contributed by atoms with Crippen LogP contribution in [0.25, 0.3) is 11.0 Å². The van der Waals surface area contributed by atoms with Crippen LogP contribution in [0.15, 0.2) is 53.6 Å². The number of rotatable bonds is 5. The fourth-order valence-corrected chi connectivity index (χ4v) is 2.12. The summed E-state index contributed by atoms with van der Waals surface area (Å²) < 4.78 is 1.68. The molecule has 0 aliphatic carbocycles. The molecular formula is C16H15N5O2. The van der Waals surface area contributed by atoms with Crippen molar-refractivity contribution in [3.05, 3.63) is 54.1 Å². The van der Waals surface area contributed by atoms with E-state index in [2.05, 4.69) is 20.8 Å². The number of carbonyl (C=O) groups excluding carboxylic acids is 1. The van der Waals surface area contributed by atoms with Crippen molar-refractivity contribution in [2.24, 2.45) is 5.10 Å². The Morgan fingerprint density at radius 3 is 2.87 bits per heavy atom. The monoisotopic (exact) mass is 309 g/mol. The molecule has 0 atom stereocenters. The van der Waals surface area contributed by atoms with Gasteiger partial charge in [-0.05, 0) is 24.3 Å². The highest BCUT2D eigenvalue weighted by molar-refractivity contribution is 5.85. The molecule has 0 bridgehead atoms. The molecule has 1 heterocycles. The Kier molecular flexibility index (Phi) is 4.28. The van der Waals surface area contributed by atoms with Crippen LogP contribution in [-0.4, -0.2) is 32.2 Å². The van der Waals surface area contributed by atoms with Gasteiger partial charge in [-0.1, -0.05) is 29.5 Å². The van der Waals surface area contributed by atoms with Gasteiger partial charge in [0, 0.05) is 12.0 Å². The Morgan fingerprint density at radius 2 is 2.00 bits per heavy atom. The van der Waals surface area contributed by atoms with Gasteiger partial charge in [0.1, 0.15) is 11.3 Å². The molecule has 3 aromatic rings. The van der Waals surface area contributed by atoms with Gasteiger partial charge in [-0.15, -0.1) is 5.10 Å². The Morgan fingerprint density at radius 1 is 1.22 bits per heavy atom. The summed E-state index contributed by atoms with van der Waals surface area (Å²) in [5.74, 6) is -0.129. The van der Waals surface area contributed by atoms with Crippen LogP contribution in [0.1, 0.15) is 12.0 Å². The number of phenols is 1. The number of carbonyl (C=O) groups is 1. The molecule has 1 amide bonds. The molecule has 7 nitrogen and oxygen atoms in total. The van der Waals surface area contributed by atoms with E-state index in [4.69, 9.17) is 0 Å². The van der Waals surface area contributed by atoms with E-state index in [0.717, 1.165) is 11.0 Å². The van der Waals surface area contributed by atoms with E-state index in [9.17, 15) is 9.90 Å². The molecule has 0 fully saturated rings. The number of aromatic nitrogens is 3. The van der Waals surface area contributed by atoms with Crippen molar-refractivity contribution in [1.29, 1.82) is 0 Å². The molecule has 7 heteroatoms. The number of hydrazone groups is 1. The summed E-state index contributed by atoms with van der Waals surface area (Å²) in [5, 5.41) is 21.5. The number of para-hydroxylation sites is 2. The molecule has 2 N–H and O–H groups in total. The molecule has 0 aliphatic rings. The molecule has 116 valence electrons. The third-order valence-electron chi connectivity index (χ3n) is 3.30. The minimum atomic E-state index is -0.240. The maximum absolute atomic E-state index is 11.8. The SMILES string of the molecule is O=C(CCn1nnc2ccccc21)N/N=C/c1ccccc1O. The molecule has 1 aromatic heterocycles. The zero-order chi connectivity index (χ0) is 16.1. The highest BCUT2D eigenvalue weighted by Gasteiger charge is 2.06. The second-order valence-corrected chi connectivity index (χ2v) is 4.90. The lowest BCUT2D eigenvalue weighted by Gasteiger charge is -2.02. The quantitative estimate of drug-likeness (QED) is 0.554. The van der Waals surface area contributed by atoms with E-state index in [0.29, 0.717) is 12.1 Å². The molecule has 0 saturated heterocycles. The summed E-state index contributed by atoms with van der Waals surface area (Å²) >= 11 is 0. The van der Waals surface area contributed by atoms with Crippen LogP contribution in [0.4, 0.5) is 0 Å². The van der Waals surface area contributed by atoms with Crippen LogP contribution >= 0.6 is 0 Å². The smallest absolute Gasteiger partial charge is 0.241 e. The van der Waals surface area contributed by atoms with Crippen molar-refractivity contribution in [3.8, 4) is 5.75 Å². The molecule has 0 spiro atoms. The fourth-order valence-electron chi connectivity index (χ4n) is 2.12. The number of nitrogens with one attached hydrogen (secondary N) is 1. The van der Waals surface area contributed by atoms with Crippen molar-refractivity contribution < 1.29 is 9.90 Å². The number of benzene rings is 2. The second-order valence-electron chi connectivity index (χ2n) is 4.90. The Hall–Kier alpha value is -3.22. The van der Waals surface area contributed by atoms with Crippen LogP contribution in [0.3, 0.4) is 0 Å². The van der Waals surface area contributed by atoms with E-state index in [1.807, 2.05) is 24.3 Å². The molecule has 0 saturated carbocycles. The second kappa shape index (κ2) is 6.69. The average Bonchev–Trinajstić information content (AvgIpc) is 2.98.